The van der Waals surface area contributed by atoms with E-state index in [0.29, 0.717) is 10.9 Å². The van der Waals surface area contributed by atoms with Crippen LogP contribution in [-0.4, -0.2) is 23.6 Å². The number of fused-ring (bicyclic) bond motifs is 1. The lowest BCUT2D eigenvalue weighted by Gasteiger charge is -2.24. The van der Waals surface area contributed by atoms with Crippen molar-refractivity contribution in [3.05, 3.63) is 90.1 Å². The minimum Gasteiger partial charge on any atom is -0.438 e. The molecule has 3 aromatic carbocycles. The Hall–Kier alpha value is -3.25. The smallest absolute Gasteiger partial charge is 0.347 e. The molecule has 0 fully saturated rings. The Morgan fingerprint density at radius 3 is 2.35 bits per heavy atom. The average molecular weight is 481 g/mol. The molecule has 34 heavy (non-hydrogen) atoms. The summed E-state index contributed by atoms with van der Waals surface area (Å²) in [5.41, 5.74) is -1.18. The lowest BCUT2D eigenvalue weighted by molar-refractivity contribution is -0.159. The minimum atomic E-state index is -4.63. The van der Waals surface area contributed by atoms with Crippen LogP contribution < -0.4 is 5.32 Å². The van der Waals surface area contributed by atoms with Crippen LogP contribution in [0.1, 0.15) is 37.6 Å². The van der Waals surface area contributed by atoms with Crippen LogP contribution in [0.2, 0.25) is 0 Å². The van der Waals surface area contributed by atoms with E-state index in [9.17, 15) is 19.0 Å². The molecular weight excluding hydrogens is 453 g/mol. The first-order valence-corrected chi connectivity index (χ1v) is 12.4. The molecule has 178 valence electrons. The van der Waals surface area contributed by atoms with E-state index in [0.717, 1.165) is 10.9 Å². The van der Waals surface area contributed by atoms with Crippen molar-refractivity contribution < 1.29 is 28.3 Å². The number of amides is 1. The van der Waals surface area contributed by atoms with Crippen molar-refractivity contribution in [2.75, 3.05) is 6.79 Å². The molecule has 0 aliphatic heterocycles. The van der Waals surface area contributed by atoms with Gasteiger partial charge in [0.2, 0.25) is 12.7 Å². The highest BCUT2D eigenvalue weighted by Crippen LogP contribution is 2.57. The van der Waals surface area contributed by atoms with E-state index in [1.54, 1.807) is 51.1 Å². The summed E-state index contributed by atoms with van der Waals surface area (Å²) in [6, 6.07) is 21.7. The van der Waals surface area contributed by atoms with Gasteiger partial charge in [-0.3, -0.25) is 18.7 Å². The molecule has 2 N–H and O–H groups in total. The van der Waals surface area contributed by atoms with Gasteiger partial charge in [-0.15, -0.1) is 0 Å². The van der Waals surface area contributed by atoms with Gasteiger partial charge in [0.1, 0.15) is 0 Å². The Bertz CT molecular complexity index is 1230. The molecule has 0 saturated heterocycles. The highest BCUT2D eigenvalue weighted by molar-refractivity contribution is 7.54. The Balaban J connectivity index is 1.89. The number of esters is 1. The molecule has 3 aromatic rings. The van der Waals surface area contributed by atoms with Crippen LogP contribution in [0.5, 0.6) is 0 Å². The number of hydrogen-bond donors (Lipinski definition) is 2. The van der Waals surface area contributed by atoms with Crippen molar-refractivity contribution in [2.45, 2.75) is 26.4 Å². The van der Waals surface area contributed by atoms with Gasteiger partial charge in [-0.1, -0.05) is 72.8 Å². The van der Waals surface area contributed by atoms with Gasteiger partial charge >= 0.3 is 13.6 Å². The Labute approximate surface area is 198 Å². The van der Waals surface area contributed by atoms with Gasteiger partial charge in [0.25, 0.3) is 0 Å². The molecule has 2 unspecified atom stereocenters. The fourth-order valence-electron chi connectivity index (χ4n) is 3.26. The van der Waals surface area contributed by atoms with E-state index in [1.807, 2.05) is 48.5 Å². The first kappa shape index (κ1) is 25.4. The van der Waals surface area contributed by atoms with Crippen molar-refractivity contribution in [2.24, 2.45) is 5.41 Å². The SMILES string of the molecule is CC(C)(C)C(=O)OCOP(=O)(O)C(C(=O)N/C=C/c1ccccc1)c1cccc2ccccc12. The van der Waals surface area contributed by atoms with Gasteiger partial charge in [0, 0.05) is 6.20 Å². The standard InChI is InChI=1S/C26H28NO6P/c1-26(2,3)25(29)32-18-33-34(30,31)23(22-15-9-13-20-12-7-8-14-21(20)22)24(28)27-17-16-19-10-5-4-6-11-19/h4-17,23H,18H2,1-3H3,(H,27,28)(H,30,31)/b17-16+. The third-order valence-corrected chi connectivity index (χ3v) is 6.67. The first-order chi connectivity index (χ1) is 16.1. The molecular formula is C26H28NO6P. The van der Waals surface area contributed by atoms with Crippen molar-refractivity contribution in [1.82, 2.24) is 5.32 Å². The molecule has 0 aliphatic carbocycles. The summed E-state index contributed by atoms with van der Waals surface area (Å²) in [5.74, 6) is -1.32. The maximum atomic E-state index is 13.3. The second-order valence-corrected chi connectivity index (χ2v) is 10.6. The maximum absolute atomic E-state index is 13.3. The molecule has 7 nitrogen and oxygen atoms in total. The van der Waals surface area contributed by atoms with Crippen LogP contribution in [-0.2, 0) is 23.4 Å². The monoisotopic (exact) mass is 481 g/mol. The summed E-state index contributed by atoms with van der Waals surface area (Å²) in [4.78, 5) is 36.1. The minimum absolute atomic E-state index is 0.330. The predicted octanol–water partition coefficient (Wildman–Crippen LogP) is 5.42. The molecule has 2 atom stereocenters. The fraction of sp³-hybridized carbons (Fsp3) is 0.231. The Morgan fingerprint density at radius 2 is 1.65 bits per heavy atom. The number of ether oxygens (including phenoxy) is 1. The van der Waals surface area contributed by atoms with E-state index >= 15 is 0 Å². The third-order valence-electron chi connectivity index (χ3n) is 5.03. The summed E-state index contributed by atoms with van der Waals surface area (Å²) in [6.07, 6.45) is 3.09. The van der Waals surface area contributed by atoms with E-state index in [4.69, 9.17) is 9.26 Å². The summed E-state index contributed by atoms with van der Waals surface area (Å²) in [7, 11) is -4.63. The van der Waals surface area contributed by atoms with Gasteiger partial charge < -0.3 is 14.9 Å². The zero-order valence-electron chi connectivity index (χ0n) is 19.3. The number of carbonyl (C=O) groups excluding carboxylic acids is 2. The molecule has 0 bridgehead atoms. The van der Waals surface area contributed by atoms with Crippen LogP contribution in [0.15, 0.2) is 79.0 Å². The molecule has 8 heteroatoms. The number of hydrogen-bond acceptors (Lipinski definition) is 5. The highest BCUT2D eigenvalue weighted by Gasteiger charge is 2.41. The number of benzene rings is 3. The van der Waals surface area contributed by atoms with Crippen LogP contribution in [0.25, 0.3) is 16.8 Å². The molecule has 0 aromatic heterocycles. The zero-order valence-corrected chi connectivity index (χ0v) is 20.2. The summed E-state index contributed by atoms with van der Waals surface area (Å²) < 4.78 is 23.4. The van der Waals surface area contributed by atoms with Gasteiger partial charge in [-0.2, -0.15) is 0 Å². The Morgan fingerprint density at radius 1 is 1.00 bits per heavy atom. The zero-order chi connectivity index (χ0) is 24.8. The number of carbonyl (C=O) groups is 2. The summed E-state index contributed by atoms with van der Waals surface area (Å²) in [5, 5.41) is 4.03. The van der Waals surface area contributed by atoms with Crippen LogP contribution in [0.3, 0.4) is 0 Å². The molecule has 0 heterocycles. The van der Waals surface area contributed by atoms with Crippen molar-refractivity contribution in [3.8, 4) is 0 Å². The van der Waals surface area contributed by atoms with Gasteiger partial charge in [0.15, 0.2) is 5.66 Å². The number of rotatable bonds is 8. The van der Waals surface area contributed by atoms with Crippen LogP contribution >= 0.6 is 7.60 Å². The average Bonchev–Trinajstić information content (AvgIpc) is 2.79. The predicted molar refractivity (Wildman–Crippen MR) is 132 cm³/mol. The van der Waals surface area contributed by atoms with E-state index in [2.05, 4.69) is 5.32 Å². The van der Waals surface area contributed by atoms with Gasteiger partial charge in [-0.25, -0.2) is 0 Å². The van der Waals surface area contributed by atoms with Gasteiger partial charge in [0.05, 0.1) is 5.41 Å². The van der Waals surface area contributed by atoms with E-state index in [-0.39, 0.29) is 0 Å². The molecule has 3 rings (SSSR count). The third kappa shape index (κ3) is 6.41. The molecule has 0 radical (unpaired) electrons. The van der Waals surface area contributed by atoms with E-state index in [1.165, 1.54) is 6.20 Å². The first-order valence-electron chi connectivity index (χ1n) is 10.7. The molecule has 0 aliphatic rings. The largest absolute Gasteiger partial charge is 0.438 e. The van der Waals surface area contributed by atoms with Crippen molar-refractivity contribution in [3.63, 3.8) is 0 Å². The van der Waals surface area contributed by atoms with Gasteiger partial charge in [-0.05, 0) is 48.7 Å². The van der Waals surface area contributed by atoms with E-state index < -0.39 is 37.3 Å². The van der Waals surface area contributed by atoms with Crippen molar-refractivity contribution in [1.29, 1.82) is 0 Å². The topological polar surface area (TPSA) is 102 Å². The van der Waals surface area contributed by atoms with Crippen LogP contribution in [0, 0.1) is 5.41 Å². The highest BCUT2D eigenvalue weighted by atomic mass is 31.2. The maximum Gasteiger partial charge on any atom is 0.347 e. The molecule has 0 saturated carbocycles. The quantitative estimate of drug-likeness (QED) is 0.253. The fourth-order valence-corrected chi connectivity index (χ4v) is 4.56. The second kappa shape index (κ2) is 10.8. The molecule has 0 spiro atoms. The molecule has 1 amide bonds. The Kier molecular flexibility index (Phi) is 8.05. The van der Waals surface area contributed by atoms with Crippen molar-refractivity contribution >= 4 is 36.3 Å². The summed E-state index contributed by atoms with van der Waals surface area (Å²) >= 11 is 0. The summed E-state index contributed by atoms with van der Waals surface area (Å²) in [6.45, 7) is 4.20. The lowest BCUT2D eigenvalue weighted by Crippen LogP contribution is -2.27. The lowest BCUT2D eigenvalue weighted by atomic mass is 9.98. The number of nitrogens with one attached hydrogen (secondary N) is 1. The second-order valence-electron chi connectivity index (χ2n) is 8.72. The van der Waals surface area contributed by atoms with Crippen LogP contribution in [0.4, 0.5) is 0 Å². The normalized spacial score (nSPS) is 14.5.